The van der Waals surface area contributed by atoms with Crippen LogP contribution in [0, 0.1) is 0 Å². The highest BCUT2D eigenvalue weighted by Gasteiger charge is 2.24. The molecule has 0 aliphatic heterocycles. The third kappa shape index (κ3) is 5.19. The van der Waals surface area contributed by atoms with E-state index in [-0.39, 0.29) is 18.9 Å². The highest BCUT2D eigenvalue weighted by atomic mass is 16.5. The number of nitrogens with one attached hydrogen (secondary N) is 1. The van der Waals surface area contributed by atoms with Gasteiger partial charge in [-0.25, -0.2) is 0 Å². The van der Waals surface area contributed by atoms with Crippen molar-refractivity contribution in [2.45, 2.75) is 18.9 Å². The van der Waals surface area contributed by atoms with Gasteiger partial charge in [-0.05, 0) is 41.3 Å². The SMILES string of the molecule is COc1ccc(CC(=O)NCC(C)(O)c2ccc(-c3ccccc3)cc2)cc1OC. The first-order valence-electron chi connectivity index (χ1n) is 9.79. The van der Waals surface area contributed by atoms with E-state index < -0.39 is 5.60 Å². The summed E-state index contributed by atoms with van der Waals surface area (Å²) in [6, 6.07) is 23.2. The number of aliphatic hydroxyl groups is 1. The molecule has 0 heterocycles. The summed E-state index contributed by atoms with van der Waals surface area (Å²) >= 11 is 0. The second-order valence-corrected chi connectivity index (χ2v) is 7.36. The second kappa shape index (κ2) is 9.46. The van der Waals surface area contributed by atoms with E-state index in [4.69, 9.17) is 9.47 Å². The van der Waals surface area contributed by atoms with Gasteiger partial charge in [-0.3, -0.25) is 4.79 Å². The van der Waals surface area contributed by atoms with Crippen LogP contribution in [-0.4, -0.2) is 31.8 Å². The molecule has 0 radical (unpaired) electrons. The lowest BCUT2D eigenvalue weighted by molar-refractivity contribution is -0.121. The summed E-state index contributed by atoms with van der Waals surface area (Å²) in [5, 5.41) is 13.7. The molecule has 2 N–H and O–H groups in total. The van der Waals surface area contributed by atoms with Crippen molar-refractivity contribution in [1.29, 1.82) is 0 Å². The molecule has 0 aliphatic rings. The first-order valence-corrected chi connectivity index (χ1v) is 9.79. The normalized spacial score (nSPS) is 12.7. The van der Waals surface area contributed by atoms with Crippen LogP contribution >= 0.6 is 0 Å². The molecule has 0 aliphatic carbocycles. The Hall–Kier alpha value is -3.31. The highest BCUT2D eigenvalue weighted by molar-refractivity contribution is 5.79. The number of amides is 1. The van der Waals surface area contributed by atoms with Gasteiger partial charge in [-0.2, -0.15) is 0 Å². The summed E-state index contributed by atoms with van der Waals surface area (Å²) in [7, 11) is 3.13. The molecule has 3 rings (SSSR count). The third-order valence-electron chi connectivity index (χ3n) is 5.06. The van der Waals surface area contributed by atoms with Crippen LogP contribution in [0.5, 0.6) is 11.5 Å². The van der Waals surface area contributed by atoms with E-state index in [1.807, 2.05) is 60.7 Å². The Balaban J connectivity index is 1.61. The molecule has 0 spiro atoms. The molecule has 5 nitrogen and oxygen atoms in total. The maximum absolute atomic E-state index is 12.4. The Labute approximate surface area is 177 Å². The molecule has 0 aromatic heterocycles. The minimum atomic E-state index is -1.18. The lowest BCUT2D eigenvalue weighted by Gasteiger charge is -2.24. The van der Waals surface area contributed by atoms with E-state index in [2.05, 4.69) is 5.32 Å². The summed E-state index contributed by atoms with van der Waals surface area (Å²) in [5.41, 5.74) is 2.56. The highest BCUT2D eigenvalue weighted by Crippen LogP contribution is 2.28. The van der Waals surface area contributed by atoms with Crippen LogP contribution in [0.1, 0.15) is 18.1 Å². The number of ether oxygens (including phenoxy) is 2. The average Bonchev–Trinajstić information content (AvgIpc) is 2.78. The summed E-state index contributed by atoms with van der Waals surface area (Å²) in [6.45, 7) is 1.81. The van der Waals surface area contributed by atoms with Crippen LogP contribution in [0.2, 0.25) is 0 Å². The zero-order valence-corrected chi connectivity index (χ0v) is 17.5. The summed E-state index contributed by atoms with van der Waals surface area (Å²) in [4.78, 5) is 12.4. The Morgan fingerprint density at radius 1 is 0.900 bits per heavy atom. The monoisotopic (exact) mass is 405 g/mol. The fourth-order valence-electron chi connectivity index (χ4n) is 3.26. The molecule has 0 saturated carbocycles. The van der Waals surface area contributed by atoms with Crippen molar-refractivity contribution in [1.82, 2.24) is 5.32 Å². The van der Waals surface area contributed by atoms with Gasteiger partial charge in [0, 0.05) is 0 Å². The van der Waals surface area contributed by atoms with Crippen LogP contribution in [0.15, 0.2) is 72.8 Å². The summed E-state index contributed by atoms with van der Waals surface area (Å²) in [5.74, 6) is 1.01. The van der Waals surface area contributed by atoms with Crippen LogP contribution in [0.25, 0.3) is 11.1 Å². The topological polar surface area (TPSA) is 67.8 Å². The first-order chi connectivity index (χ1) is 14.4. The molecule has 1 unspecified atom stereocenters. The Morgan fingerprint density at radius 2 is 1.53 bits per heavy atom. The quantitative estimate of drug-likeness (QED) is 0.596. The average molecular weight is 405 g/mol. The van der Waals surface area contributed by atoms with Crippen molar-refractivity contribution >= 4 is 5.91 Å². The van der Waals surface area contributed by atoms with Crippen molar-refractivity contribution in [3.63, 3.8) is 0 Å². The van der Waals surface area contributed by atoms with Crippen molar-refractivity contribution in [3.8, 4) is 22.6 Å². The molecule has 156 valence electrons. The van der Waals surface area contributed by atoms with Gasteiger partial charge in [0.25, 0.3) is 0 Å². The van der Waals surface area contributed by atoms with E-state index in [1.54, 1.807) is 33.3 Å². The lowest BCUT2D eigenvalue weighted by Crippen LogP contribution is -2.39. The first kappa shape index (κ1) is 21.4. The molecular formula is C25H27NO4. The molecule has 1 amide bonds. The number of carbonyl (C=O) groups is 1. The smallest absolute Gasteiger partial charge is 0.224 e. The van der Waals surface area contributed by atoms with Crippen molar-refractivity contribution < 1.29 is 19.4 Å². The van der Waals surface area contributed by atoms with Gasteiger partial charge >= 0.3 is 0 Å². The molecule has 0 fully saturated rings. The van der Waals surface area contributed by atoms with Crippen LogP contribution in [0.4, 0.5) is 0 Å². The van der Waals surface area contributed by atoms with Gasteiger partial charge < -0.3 is 19.9 Å². The molecule has 30 heavy (non-hydrogen) atoms. The number of carbonyl (C=O) groups excluding carboxylic acids is 1. The lowest BCUT2D eigenvalue weighted by atomic mass is 9.93. The molecule has 5 heteroatoms. The van der Waals surface area contributed by atoms with Gasteiger partial charge in [-0.1, -0.05) is 60.7 Å². The fourth-order valence-corrected chi connectivity index (χ4v) is 3.26. The Morgan fingerprint density at radius 3 is 2.17 bits per heavy atom. The number of hydrogen-bond acceptors (Lipinski definition) is 4. The number of benzene rings is 3. The molecular weight excluding hydrogens is 378 g/mol. The van der Waals surface area contributed by atoms with Gasteiger partial charge in [0.05, 0.1) is 27.2 Å². The van der Waals surface area contributed by atoms with Gasteiger partial charge in [0.1, 0.15) is 5.60 Å². The van der Waals surface area contributed by atoms with Crippen LogP contribution < -0.4 is 14.8 Å². The van der Waals surface area contributed by atoms with E-state index >= 15 is 0 Å². The fraction of sp³-hybridized carbons (Fsp3) is 0.240. The maximum Gasteiger partial charge on any atom is 0.224 e. The van der Waals surface area contributed by atoms with E-state index in [1.165, 1.54) is 0 Å². The van der Waals surface area contributed by atoms with Crippen LogP contribution in [-0.2, 0) is 16.8 Å². The van der Waals surface area contributed by atoms with Crippen molar-refractivity contribution in [3.05, 3.63) is 83.9 Å². The zero-order valence-electron chi connectivity index (χ0n) is 17.5. The van der Waals surface area contributed by atoms with E-state index in [9.17, 15) is 9.90 Å². The largest absolute Gasteiger partial charge is 0.493 e. The predicted molar refractivity (Wildman–Crippen MR) is 118 cm³/mol. The minimum Gasteiger partial charge on any atom is -0.493 e. The standard InChI is InChI=1S/C25H27NO4/c1-25(28,21-12-10-20(11-13-21)19-7-5-4-6-8-19)17-26-24(27)16-18-9-14-22(29-2)23(15-18)30-3/h4-15,28H,16-17H2,1-3H3,(H,26,27). The number of hydrogen-bond donors (Lipinski definition) is 2. The molecule has 3 aromatic carbocycles. The Kier molecular flexibility index (Phi) is 6.75. The molecule has 3 aromatic rings. The number of rotatable bonds is 8. The summed E-state index contributed by atoms with van der Waals surface area (Å²) < 4.78 is 10.5. The molecule has 0 bridgehead atoms. The van der Waals surface area contributed by atoms with E-state index in [0.29, 0.717) is 11.5 Å². The second-order valence-electron chi connectivity index (χ2n) is 7.36. The third-order valence-corrected chi connectivity index (χ3v) is 5.06. The maximum atomic E-state index is 12.4. The van der Waals surface area contributed by atoms with Gasteiger partial charge in [-0.15, -0.1) is 0 Å². The molecule has 1 atom stereocenters. The van der Waals surface area contributed by atoms with Crippen molar-refractivity contribution in [2.24, 2.45) is 0 Å². The van der Waals surface area contributed by atoms with Crippen LogP contribution in [0.3, 0.4) is 0 Å². The van der Waals surface area contributed by atoms with Crippen molar-refractivity contribution in [2.75, 3.05) is 20.8 Å². The molecule has 0 saturated heterocycles. The predicted octanol–water partition coefficient (Wildman–Crippen LogP) is 3.94. The van der Waals surface area contributed by atoms with Gasteiger partial charge in [0.15, 0.2) is 11.5 Å². The summed E-state index contributed by atoms with van der Waals surface area (Å²) in [6.07, 6.45) is 0.184. The minimum absolute atomic E-state index is 0.115. The Bertz CT molecular complexity index is 982. The number of methoxy groups -OCH3 is 2. The van der Waals surface area contributed by atoms with Gasteiger partial charge in [0.2, 0.25) is 5.91 Å². The van der Waals surface area contributed by atoms with E-state index in [0.717, 1.165) is 22.3 Å². The zero-order chi connectivity index (χ0) is 21.6.